The van der Waals surface area contributed by atoms with Crippen LogP contribution >= 0.6 is 0 Å². The normalized spacial score (nSPS) is 11.7. The summed E-state index contributed by atoms with van der Waals surface area (Å²) >= 11 is 0. The van der Waals surface area contributed by atoms with Gasteiger partial charge in [-0.05, 0) is 21.1 Å². The van der Waals surface area contributed by atoms with Crippen molar-refractivity contribution in [1.29, 1.82) is 0 Å². The van der Waals surface area contributed by atoms with E-state index in [4.69, 9.17) is 0 Å². The van der Waals surface area contributed by atoms with Gasteiger partial charge in [-0.25, -0.2) is 8.78 Å². The van der Waals surface area contributed by atoms with Gasteiger partial charge in [0.1, 0.15) is 5.69 Å². The highest BCUT2D eigenvalue weighted by Gasteiger charge is 2.19. The lowest BCUT2D eigenvalue weighted by molar-refractivity contribution is 0.136. The third-order valence-electron chi connectivity index (χ3n) is 2.29. The summed E-state index contributed by atoms with van der Waals surface area (Å²) in [6.45, 7) is 1.60. The van der Waals surface area contributed by atoms with Gasteiger partial charge in [0, 0.05) is 18.7 Å². The van der Waals surface area contributed by atoms with E-state index >= 15 is 0 Å². The molecule has 0 aromatic carbocycles. The summed E-state index contributed by atoms with van der Waals surface area (Å²) in [5, 5.41) is 6.86. The van der Waals surface area contributed by atoms with Gasteiger partial charge in [-0.2, -0.15) is 5.10 Å². The van der Waals surface area contributed by atoms with Crippen molar-refractivity contribution in [2.45, 2.75) is 19.5 Å². The molecular weight excluding hydrogens is 214 g/mol. The van der Waals surface area contributed by atoms with Gasteiger partial charge in [-0.1, -0.05) is 0 Å². The fourth-order valence-corrected chi connectivity index (χ4v) is 1.49. The summed E-state index contributed by atoms with van der Waals surface area (Å²) in [4.78, 5) is 1.94. The predicted molar refractivity (Wildman–Crippen MR) is 58.5 cm³/mol. The van der Waals surface area contributed by atoms with E-state index in [1.54, 1.807) is 7.05 Å². The maximum Gasteiger partial charge on any atom is 0.280 e. The monoisotopic (exact) mass is 232 g/mol. The van der Waals surface area contributed by atoms with Crippen LogP contribution in [-0.2, 0) is 13.1 Å². The highest BCUT2D eigenvalue weighted by molar-refractivity contribution is 5.18. The third kappa shape index (κ3) is 3.24. The van der Waals surface area contributed by atoms with Gasteiger partial charge in [-0.15, -0.1) is 0 Å². The molecule has 6 heteroatoms. The molecule has 0 atom stereocenters. The van der Waals surface area contributed by atoms with Crippen LogP contribution in [0.4, 0.5) is 8.78 Å². The number of nitrogens with one attached hydrogen (secondary N) is 1. The minimum atomic E-state index is -2.48. The predicted octanol–water partition coefficient (Wildman–Crippen LogP) is 1.10. The van der Waals surface area contributed by atoms with Crippen molar-refractivity contribution in [3.05, 3.63) is 17.5 Å². The molecule has 1 heterocycles. The zero-order chi connectivity index (χ0) is 12.1. The molecule has 0 amide bonds. The average molecular weight is 232 g/mol. The van der Waals surface area contributed by atoms with Crippen molar-refractivity contribution in [1.82, 2.24) is 20.0 Å². The van der Waals surface area contributed by atoms with Gasteiger partial charge in [0.15, 0.2) is 0 Å². The SMILES string of the molecule is CNCc1cnn(CCN(C)C)c1C(F)F. The summed E-state index contributed by atoms with van der Waals surface area (Å²) in [5.41, 5.74) is 0.590. The van der Waals surface area contributed by atoms with E-state index in [9.17, 15) is 8.78 Å². The van der Waals surface area contributed by atoms with Crippen LogP contribution < -0.4 is 5.32 Å². The van der Waals surface area contributed by atoms with Gasteiger partial charge in [0.05, 0.1) is 12.7 Å². The fraction of sp³-hybridized carbons (Fsp3) is 0.700. The second kappa shape index (κ2) is 5.91. The van der Waals surface area contributed by atoms with Gasteiger partial charge >= 0.3 is 0 Å². The number of aromatic nitrogens is 2. The number of halogens is 2. The van der Waals surface area contributed by atoms with E-state index in [1.165, 1.54) is 10.9 Å². The molecule has 16 heavy (non-hydrogen) atoms. The Balaban J connectivity index is 2.82. The first-order chi connectivity index (χ1) is 7.56. The Morgan fingerprint density at radius 2 is 2.19 bits per heavy atom. The maximum absolute atomic E-state index is 12.9. The van der Waals surface area contributed by atoms with Crippen molar-refractivity contribution in [3.63, 3.8) is 0 Å². The Bertz CT molecular complexity index is 323. The van der Waals surface area contributed by atoms with Crippen LogP contribution in [0.3, 0.4) is 0 Å². The van der Waals surface area contributed by atoms with Crippen molar-refractivity contribution in [2.75, 3.05) is 27.7 Å². The summed E-state index contributed by atoms with van der Waals surface area (Å²) in [6, 6.07) is 0. The Kier molecular flexibility index (Phi) is 4.82. The molecule has 1 rings (SSSR count). The van der Waals surface area contributed by atoms with Crippen LogP contribution in [0.25, 0.3) is 0 Å². The second-order valence-electron chi connectivity index (χ2n) is 3.91. The van der Waals surface area contributed by atoms with E-state index in [1.807, 2.05) is 19.0 Å². The van der Waals surface area contributed by atoms with Gasteiger partial charge in [0.2, 0.25) is 0 Å². The van der Waals surface area contributed by atoms with E-state index in [-0.39, 0.29) is 5.69 Å². The van der Waals surface area contributed by atoms with Crippen molar-refractivity contribution in [3.8, 4) is 0 Å². The Morgan fingerprint density at radius 1 is 1.50 bits per heavy atom. The molecule has 1 aromatic rings. The summed E-state index contributed by atoms with van der Waals surface area (Å²) in [5.74, 6) is 0. The highest BCUT2D eigenvalue weighted by Crippen LogP contribution is 2.22. The van der Waals surface area contributed by atoms with E-state index in [0.717, 1.165) is 0 Å². The van der Waals surface area contributed by atoms with Crippen LogP contribution in [0.1, 0.15) is 17.7 Å². The molecular formula is C10H18F2N4. The zero-order valence-corrected chi connectivity index (χ0v) is 9.87. The fourth-order valence-electron chi connectivity index (χ4n) is 1.49. The van der Waals surface area contributed by atoms with Crippen molar-refractivity contribution in [2.24, 2.45) is 0 Å². The minimum Gasteiger partial charge on any atom is -0.316 e. The molecule has 92 valence electrons. The number of alkyl halides is 2. The van der Waals surface area contributed by atoms with Crippen LogP contribution in [0, 0.1) is 0 Å². The largest absolute Gasteiger partial charge is 0.316 e. The molecule has 4 nitrogen and oxygen atoms in total. The van der Waals surface area contributed by atoms with E-state index in [0.29, 0.717) is 25.2 Å². The Hall–Kier alpha value is -1.01. The Labute approximate surface area is 94.2 Å². The highest BCUT2D eigenvalue weighted by atomic mass is 19.3. The van der Waals surface area contributed by atoms with Crippen molar-refractivity contribution >= 4 is 0 Å². The van der Waals surface area contributed by atoms with Crippen LogP contribution in [0.5, 0.6) is 0 Å². The first-order valence-electron chi connectivity index (χ1n) is 5.18. The van der Waals surface area contributed by atoms with Crippen LogP contribution in [0.15, 0.2) is 6.20 Å². The lowest BCUT2D eigenvalue weighted by atomic mass is 10.2. The number of hydrogen-bond donors (Lipinski definition) is 1. The molecule has 0 fully saturated rings. The molecule has 0 radical (unpaired) electrons. The molecule has 0 bridgehead atoms. The zero-order valence-electron chi connectivity index (χ0n) is 9.87. The summed E-state index contributed by atoms with van der Waals surface area (Å²) in [7, 11) is 5.53. The average Bonchev–Trinajstić information content (AvgIpc) is 2.58. The molecule has 0 saturated heterocycles. The number of hydrogen-bond acceptors (Lipinski definition) is 3. The van der Waals surface area contributed by atoms with Crippen LogP contribution in [-0.4, -0.2) is 42.4 Å². The van der Waals surface area contributed by atoms with Gasteiger partial charge < -0.3 is 10.2 Å². The number of likely N-dealkylation sites (N-methyl/N-ethyl adjacent to an activating group) is 1. The van der Waals surface area contributed by atoms with E-state index in [2.05, 4.69) is 10.4 Å². The molecule has 0 aliphatic heterocycles. The first kappa shape index (κ1) is 13.1. The van der Waals surface area contributed by atoms with Crippen molar-refractivity contribution < 1.29 is 8.78 Å². The topological polar surface area (TPSA) is 33.1 Å². The Morgan fingerprint density at radius 3 is 2.69 bits per heavy atom. The first-order valence-corrected chi connectivity index (χ1v) is 5.18. The number of rotatable bonds is 6. The maximum atomic E-state index is 12.9. The molecule has 0 aliphatic carbocycles. The molecule has 0 aliphatic rings. The third-order valence-corrected chi connectivity index (χ3v) is 2.29. The summed E-state index contributed by atoms with van der Waals surface area (Å²) in [6.07, 6.45) is -0.971. The quantitative estimate of drug-likeness (QED) is 0.797. The standard InChI is InChI=1S/C10H18F2N4/c1-13-6-8-7-14-16(5-4-15(2)3)9(8)10(11)12/h7,10,13H,4-6H2,1-3H3. The number of nitrogens with zero attached hydrogens (tertiary/aromatic N) is 3. The van der Waals surface area contributed by atoms with Gasteiger partial charge in [0.25, 0.3) is 6.43 Å². The van der Waals surface area contributed by atoms with Gasteiger partial charge in [-0.3, -0.25) is 4.68 Å². The smallest absolute Gasteiger partial charge is 0.280 e. The van der Waals surface area contributed by atoms with Crippen LogP contribution in [0.2, 0.25) is 0 Å². The summed E-state index contributed by atoms with van der Waals surface area (Å²) < 4.78 is 27.1. The molecule has 1 aromatic heterocycles. The molecule has 0 unspecified atom stereocenters. The minimum absolute atomic E-state index is 0.0243. The van der Waals surface area contributed by atoms with E-state index < -0.39 is 6.43 Å². The molecule has 0 spiro atoms. The second-order valence-corrected chi connectivity index (χ2v) is 3.91. The molecule has 0 saturated carbocycles. The lowest BCUT2D eigenvalue weighted by Crippen LogP contribution is -2.20. The molecule has 1 N–H and O–H groups in total. The lowest BCUT2D eigenvalue weighted by Gasteiger charge is -2.12.